The number of ketones is 2. The van der Waals surface area contributed by atoms with Crippen molar-refractivity contribution in [2.75, 3.05) is 0 Å². The minimum Gasteiger partial charge on any atom is -0.504 e. The van der Waals surface area contributed by atoms with Crippen molar-refractivity contribution in [2.24, 2.45) is 5.41 Å². The molecule has 0 heterocycles. The van der Waals surface area contributed by atoms with Crippen molar-refractivity contribution in [1.29, 1.82) is 0 Å². The lowest BCUT2D eigenvalue weighted by Crippen LogP contribution is -2.15. The van der Waals surface area contributed by atoms with Gasteiger partial charge in [-0.2, -0.15) is 0 Å². The van der Waals surface area contributed by atoms with Crippen molar-refractivity contribution < 1.29 is 14.7 Å². The Balaban J connectivity index is 3.18. The maximum atomic E-state index is 11.2. The van der Waals surface area contributed by atoms with Crippen LogP contribution in [0.3, 0.4) is 0 Å². The molecule has 0 atom stereocenters. The number of carbonyl (C=O) groups is 2. The number of hydrogen-bond donors (Lipinski definition) is 1. The molecule has 1 N–H and O–H groups in total. The third-order valence-corrected chi connectivity index (χ3v) is 1.85. The Morgan fingerprint density at radius 3 is 1.83 bits per heavy atom. The van der Waals surface area contributed by atoms with Crippen molar-refractivity contribution in [2.45, 2.75) is 27.2 Å². The third kappa shape index (κ3) is 1.26. The SMILES string of the molecule is CC(C)(C)C1=C(O)C(=O)CC1=O. The van der Waals surface area contributed by atoms with Crippen LogP contribution in [0.25, 0.3) is 0 Å². The van der Waals surface area contributed by atoms with E-state index in [0.29, 0.717) is 0 Å². The maximum absolute atomic E-state index is 11.2. The van der Waals surface area contributed by atoms with Gasteiger partial charge in [0, 0.05) is 5.57 Å². The molecule has 0 unspecified atom stereocenters. The van der Waals surface area contributed by atoms with E-state index in [1.807, 2.05) is 0 Å². The second-order valence-electron chi connectivity index (χ2n) is 4.00. The van der Waals surface area contributed by atoms with E-state index >= 15 is 0 Å². The monoisotopic (exact) mass is 168 g/mol. The second kappa shape index (κ2) is 2.44. The van der Waals surface area contributed by atoms with Crippen molar-refractivity contribution in [3.05, 3.63) is 11.3 Å². The smallest absolute Gasteiger partial charge is 0.205 e. The summed E-state index contributed by atoms with van der Waals surface area (Å²) in [5.74, 6) is -1.04. The van der Waals surface area contributed by atoms with E-state index in [1.165, 1.54) is 0 Å². The van der Waals surface area contributed by atoms with E-state index in [1.54, 1.807) is 20.8 Å². The second-order valence-corrected chi connectivity index (χ2v) is 4.00. The number of allylic oxidation sites excluding steroid dienone is 2. The molecule has 0 aliphatic heterocycles. The first kappa shape index (κ1) is 8.97. The number of hydrogen-bond acceptors (Lipinski definition) is 3. The molecule has 1 rings (SSSR count). The Bertz CT molecular complexity index is 279. The molecular formula is C9H12O3. The highest BCUT2D eigenvalue weighted by Crippen LogP contribution is 2.33. The zero-order valence-corrected chi connectivity index (χ0v) is 7.47. The lowest BCUT2D eigenvalue weighted by Gasteiger charge is -2.18. The van der Waals surface area contributed by atoms with Crippen LogP contribution < -0.4 is 0 Å². The molecule has 1 aliphatic carbocycles. The van der Waals surface area contributed by atoms with E-state index in [4.69, 9.17) is 0 Å². The van der Waals surface area contributed by atoms with Crippen LogP contribution in [0.2, 0.25) is 0 Å². The molecule has 1 aliphatic rings. The largest absolute Gasteiger partial charge is 0.504 e. The van der Waals surface area contributed by atoms with Gasteiger partial charge in [-0.05, 0) is 5.41 Å². The number of aliphatic hydroxyl groups is 1. The van der Waals surface area contributed by atoms with Gasteiger partial charge in [-0.3, -0.25) is 9.59 Å². The summed E-state index contributed by atoms with van der Waals surface area (Å²) in [7, 11) is 0. The Kier molecular flexibility index (Phi) is 1.82. The van der Waals surface area contributed by atoms with Crippen molar-refractivity contribution in [1.82, 2.24) is 0 Å². The van der Waals surface area contributed by atoms with Crippen LogP contribution in [0.1, 0.15) is 27.2 Å². The molecule has 0 aromatic heterocycles. The predicted octanol–water partition coefficient (Wildman–Crippen LogP) is 1.39. The lowest BCUT2D eigenvalue weighted by atomic mass is 9.85. The van der Waals surface area contributed by atoms with Crippen LogP contribution in [0.15, 0.2) is 11.3 Å². The molecule has 0 spiro atoms. The molecule has 0 radical (unpaired) electrons. The lowest BCUT2D eigenvalue weighted by molar-refractivity contribution is -0.122. The summed E-state index contributed by atoms with van der Waals surface area (Å²) in [6.07, 6.45) is -0.168. The van der Waals surface area contributed by atoms with E-state index in [2.05, 4.69) is 0 Å². The molecule has 0 aromatic carbocycles. The van der Waals surface area contributed by atoms with Crippen LogP contribution in [0.5, 0.6) is 0 Å². The fourth-order valence-electron chi connectivity index (χ4n) is 1.36. The molecule has 66 valence electrons. The molecule has 3 heteroatoms. The van der Waals surface area contributed by atoms with Gasteiger partial charge in [0.05, 0.1) is 6.42 Å². The molecule has 3 nitrogen and oxygen atoms in total. The molecule has 12 heavy (non-hydrogen) atoms. The Hall–Kier alpha value is -1.12. The predicted molar refractivity (Wildman–Crippen MR) is 43.7 cm³/mol. The van der Waals surface area contributed by atoms with Crippen LogP contribution in [-0.2, 0) is 9.59 Å². The van der Waals surface area contributed by atoms with E-state index < -0.39 is 11.2 Å². The standard InChI is InChI=1S/C9H12O3/c1-9(2,3)7-5(10)4-6(11)8(7)12/h12H,4H2,1-3H3. The molecule has 0 amide bonds. The first-order chi connectivity index (χ1) is 5.34. The van der Waals surface area contributed by atoms with Gasteiger partial charge < -0.3 is 5.11 Å². The minimum atomic E-state index is -0.454. The van der Waals surface area contributed by atoms with Crippen molar-refractivity contribution in [3.8, 4) is 0 Å². The van der Waals surface area contributed by atoms with Gasteiger partial charge in [0.2, 0.25) is 5.78 Å². The van der Waals surface area contributed by atoms with Gasteiger partial charge in [-0.1, -0.05) is 20.8 Å². The van der Waals surface area contributed by atoms with Crippen LogP contribution in [0.4, 0.5) is 0 Å². The normalized spacial score (nSPS) is 19.2. The minimum absolute atomic E-state index is 0.168. The average molecular weight is 168 g/mol. The molecule has 0 bridgehead atoms. The van der Waals surface area contributed by atoms with Crippen molar-refractivity contribution >= 4 is 11.6 Å². The molecule has 0 fully saturated rings. The number of rotatable bonds is 0. The fraction of sp³-hybridized carbons (Fsp3) is 0.556. The first-order valence-corrected chi connectivity index (χ1v) is 3.84. The van der Waals surface area contributed by atoms with E-state index in [9.17, 15) is 14.7 Å². The zero-order chi connectivity index (χ0) is 9.52. The quantitative estimate of drug-likeness (QED) is 0.556. The summed E-state index contributed by atoms with van der Waals surface area (Å²) in [5.41, 5.74) is -0.166. The van der Waals surface area contributed by atoms with Crippen LogP contribution in [-0.4, -0.2) is 16.7 Å². The molecule has 0 aromatic rings. The van der Waals surface area contributed by atoms with Crippen LogP contribution >= 0.6 is 0 Å². The number of carbonyl (C=O) groups excluding carboxylic acids is 2. The van der Waals surface area contributed by atoms with Gasteiger partial charge in [0.25, 0.3) is 0 Å². The summed E-state index contributed by atoms with van der Waals surface area (Å²) < 4.78 is 0. The zero-order valence-electron chi connectivity index (χ0n) is 7.47. The Labute approximate surface area is 71.1 Å². The number of Topliss-reactive ketones (excluding diaryl/α,β-unsaturated/α-hetero) is 2. The third-order valence-electron chi connectivity index (χ3n) is 1.85. The molecular weight excluding hydrogens is 156 g/mol. The first-order valence-electron chi connectivity index (χ1n) is 3.84. The summed E-state index contributed by atoms with van der Waals surface area (Å²) in [6.45, 7) is 5.40. The van der Waals surface area contributed by atoms with Gasteiger partial charge >= 0.3 is 0 Å². The average Bonchev–Trinajstić information content (AvgIpc) is 2.05. The van der Waals surface area contributed by atoms with Crippen molar-refractivity contribution in [3.63, 3.8) is 0 Å². The summed E-state index contributed by atoms with van der Waals surface area (Å²) >= 11 is 0. The highest BCUT2D eigenvalue weighted by Gasteiger charge is 2.37. The molecule has 0 saturated heterocycles. The maximum Gasteiger partial charge on any atom is 0.205 e. The Morgan fingerprint density at radius 1 is 1.17 bits per heavy atom. The highest BCUT2D eigenvalue weighted by molar-refractivity contribution is 6.21. The van der Waals surface area contributed by atoms with Crippen LogP contribution in [0, 0.1) is 5.41 Å². The number of aliphatic hydroxyl groups excluding tert-OH is 1. The topological polar surface area (TPSA) is 54.4 Å². The fourth-order valence-corrected chi connectivity index (χ4v) is 1.36. The summed E-state index contributed by atoms with van der Waals surface area (Å²) in [5, 5.41) is 9.27. The van der Waals surface area contributed by atoms with Gasteiger partial charge in [0.1, 0.15) is 0 Å². The highest BCUT2D eigenvalue weighted by atomic mass is 16.3. The summed E-state index contributed by atoms with van der Waals surface area (Å²) in [6, 6.07) is 0. The molecule has 0 saturated carbocycles. The Morgan fingerprint density at radius 2 is 1.67 bits per heavy atom. The van der Waals surface area contributed by atoms with Gasteiger partial charge in [-0.15, -0.1) is 0 Å². The van der Waals surface area contributed by atoms with E-state index in [0.717, 1.165) is 0 Å². The van der Waals surface area contributed by atoms with Gasteiger partial charge in [0.15, 0.2) is 11.5 Å². The summed E-state index contributed by atoms with van der Waals surface area (Å²) in [4.78, 5) is 22.1. The van der Waals surface area contributed by atoms with Gasteiger partial charge in [-0.25, -0.2) is 0 Å². The van der Waals surface area contributed by atoms with E-state index in [-0.39, 0.29) is 23.5 Å².